The standard InChI is InChI=1S/C15H18FNO3/c16-13-10-17-5-1-12(13)14(18)11-2-6-20-15(9-11)3-7-19-8-4-15/h1,5,10-11H,2-4,6-9H2. The van der Waals surface area contributed by atoms with Gasteiger partial charge in [-0.3, -0.25) is 9.78 Å². The Hall–Kier alpha value is -1.33. The van der Waals surface area contributed by atoms with Gasteiger partial charge in [0.05, 0.1) is 17.4 Å². The number of hydrogen-bond donors (Lipinski definition) is 0. The molecule has 3 rings (SSSR count). The van der Waals surface area contributed by atoms with E-state index in [4.69, 9.17) is 9.47 Å². The van der Waals surface area contributed by atoms with Gasteiger partial charge in [0.15, 0.2) is 11.6 Å². The fourth-order valence-corrected chi connectivity index (χ4v) is 3.14. The first-order chi connectivity index (χ1) is 9.70. The van der Waals surface area contributed by atoms with Crippen molar-refractivity contribution in [2.75, 3.05) is 19.8 Å². The molecule has 20 heavy (non-hydrogen) atoms. The topological polar surface area (TPSA) is 48.4 Å². The van der Waals surface area contributed by atoms with Crippen molar-refractivity contribution >= 4 is 5.78 Å². The summed E-state index contributed by atoms with van der Waals surface area (Å²) in [5.41, 5.74) is -0.102. The summed E-state index contributed by atoms with van der Waals surface area (Å²) in [7, 11) is 0. The lowest BCUT2D eigenvalue weighted by atomic mass is 9.78. The summed E-state index contributed by atoms with van der Waals surface area (Å²) in [4.78, 5) is 16.2. The molecule has 0 aliphatic carbocycles. The van der Waals surface area contributed by atoms with Crippen LogP contribution in [-0.4, -0.2) is 36.2 Å². The minimum absolute atomic E-state index is 0.126. The second-order valence-corrected chi connectivity index (χ2v) is 5.55. The van der Waals surface area contributed by atoms with Gasteiger partial charge in [0.2, 0.25) is 0 Å². The first-order valence-corrected chi connectivity index (χ1v) is 7.06. The molecule has 108 valence electrons. The summed E-state index contributed by atoms with van der Waals surface area (Å²) in [6.45, 7) is 1.90. The number of halogens is 1. The molecule has 1 aromatic heterocycles. The summed E-state index contributed by atoms with van der Waals surface area (Å²) in [5, 5.41) is 0. The highest BCUT2D eigenvalue weighted by Crippen LogP contribution is 2.38. The van der Waals surface area contributed by atoms with Crippen LogP contribution in [0.3, 0.4) is 0 Å². The van der Waals surface area contributed by atoms with Gasteiger partial charge in [0.25, 0.3) is 0 Å². The molecule has 0 saturated carbocycles. The number of nitrogens with zero attached hydrogens (tertiary/aromatic N) is 1. The molecule has 0 N–H and O–H groups in total. The number of ketones is 1. The zero-order chi connectivity index (χ0) is 14.0. The lowest BCUT2D eigenvalue weighted by Gasteiger charge is -2.42. The zero-order valence-corrected chi connectivity index (χ0v) is 11.3. The van der Waals surface area contributed by atoms with E-state index in [1.165, 1.54) is 12.3 Å². The maximum Gasteiger partial charge on any atom is 0.169 e. The maximum absolute atomic E-state index is 13.7. The number of carbonyl (C=O) groups is 1. The van der Waals surface area contributed by atoms with Crippen molar-refractivity contribution in [3.05, 3.63) is 29.8 Å². The summed E-state index contributed by atoms with van der Waals surface area (Å²) < 4.78 is 25.0. The second-order valence-electron chi connectivity index (χ2n) is 5.55. The fraction of sp³-hybridized carbons (Fsp3) is 0.600. The Kier molecular flexibility index (Phi) is 3.81. The largest absolute Gasteiger partial charge is 0.381 e. The number of ether oxygens (including phenoxy) is 2. The van der Waals surface area contributed by atoms with E-state index in [0.29, 0.717) is 32.7 Å². The third-order valence-corrected chi connectivity index (χ3v) is 4.31. The first kappa shape index (κ1) is 13.6. The van der Waals surface area contributed by atoms with E-state index >= 15 is 0 Å². The smallest absolute Gasteiger partial charge is 0.169 e. The molecule has 4 nitrogen and oxygen atoms in total. The number of pyridine rings is 1. The van der Waals surface area contributed by atoms with Crippen LogP contribution in [-0.2, 0) is 9.47 Å². The van der Waals surface area contributed by atoms with Crippen LogP contribution in [0.25, 0.3) is 0 Å². The van der Waals surface area contributed by atoms with E-state index in [1.807, 2.05) is 0 Å². The highest BCUT2D eigenvalue weighted by molar-refractivity contribution is 5.98. The number of hydrogen-bond acceptors (Lipinski definition) is 4. The van der Waals surface area contributed by atoms with E-state index in [2.05, 4.69) is 4.98 Å². The quantitative estimate of drug-likeness (QED) is 0.780. The monoisotopic (exact) mass is 279 g/mol. The van der Waals surface area contributed by atoms with Gasteiger partial charge in [-0.15, -0.1) is 0 Å². The van der Waals surface area contributed by atoms with E-state index < -0.39 is 5.82 Å². The number of carbonyl (C=O) groups excluding carboxylic acids is 1. The normalized spacial score (nSPS) is 25.6. The Morgan fingerprint density at radius 3 is 2.90 bits per heavy atom. The molecule has 2 aliphatic heterocycles. The van der Waals surface area contributed by atoms with Crippen LogP contribution < -0.4 is 0 Å². The van der Waals surface area contributed by atoms with Crippen molar-refractivity contribution in [2.24, 2.45) is 5.92 Å². The first-order valence-electron chi connectivity index (χ1n) is 7.06. The van der Waals surface area contributed by atoms with Gasteiger partial charge < -0.3 is 9.47 Å². The average molecular weight is 279 g/mol. The Labute approximate surface area is 117 Å². The molecule has 1 atom stereocenters. The zero-order valence-electron chi connectivity index (χ0n) is 11.3. The Morgan fingerprint density at radius 1 is 1.35 bits per heavy atom. The third-order valence-electron chi connectivity index (χ3n) is 4.31. The van der Waals surface area contributed by atoms with Gasteiger partial charge >= 0.3 is 0 Å². The summed E-state index contributed by atoms with van der Waals surface area (Å²) >= 11 is 0. The van der Waals surface area contributed by atoms with Crippen LogP contribution in [0.5, 0.6) is 0 Å². The van der Waals surface area contributed by atoms with Gasteiger partial charge in [-0.05, 0) is 31.7 Å². The molecular weight excluding hydrogens is 261 g/mol. The predicted octanol–water partition coefficient (Wildman–Crippen LogP) is 2.38. The van der Waals surface area contributed by atoms with Crippen molar-refractivity contribution in [1.82, 2.24) is 4.98 Å². The number of rotatable bonds is 2. The van der Waals surface area contributed by atoms with Gasteiger partial charge in [0, 0.05) is 31.9 Å². The number of aromatic nitrogens is 1. The summed E-state index contributed by atoms with van der Waals surface area (Å²) in [6, 6.07) is 1.46. The molecule has 2 aliphatic rings. The van der Waals surface area contributed by atoms with Crippen molar-refractivity contribution in [3.63, 3.8) is 0 Å². The summed E-state index contributed by atoms with van der Waals surface area (Å²) in [5.74, 6) is -0.831. The third kappa shape index (κ3) is 2.60. The molecule has 0 amide bonds. The molecule has 1 spiro atoms. The highest BCUT2D eigenvalue weighted by Gasteiger charge is 2.41. The van der Waals surface area contributed by atoms with Crippen molar-refractivity contribution in [2.45, 2.75) is 31.3 Å². The second kappa shape index (κ2) is 5.58. The van der Waals surface area contributed by atoms with Gasteiger partial charge in [-0.1, -0.05) is 0 Å². The van der Waals surface area contributed by atoms with Crippen LogP contribution in [0.1, 0.15) is 36.0 Å². The minimum Gasteiger partial charge on any atom is -0.381 e. The molecule has 5 heteroatoms. The SMILES string of the molecule is O=C(c1ccncc1F)C1CCOC2(CCOCC2)C1. The van der Waals surface area contributed by atoms with Gasteiger partial charge in [-0.25, -0.2) is 4.39 Å². The minimum atomic E-state index is -0.537. The van der Waals surface area contributed by atoms with E-state index in [-0.39, 0.29) is 22.9 Å². The van der Waals surface area contributed by atoms with Crippen LogP contribution in [0.2, 0.25) is 0 Å². The Bertz CT molecular complexity index is 494. The molecule has 3 heterocycles. The van der Waals surface area contributed by atoms with E-state index in [0.717, 1.165) is 19.0 Å². The Balaban J connectivity index is 1.77. The lowest BCUT2D eigenvalue weighted by Crippen LogP contribution is -2.46. The van der Waals surface area contributed by atoms with Crippen LogP contribution >= 0.6 is 0 Å². The van der Waals surface area contributed by atoms with Gasteiger partial charge in [-0.2, -0.15) is 0 Å². The molecule has 1 aromatic rings. The molecule has 0 bridgehead atoms. The van der Waals surface area contributed by atoms with E-state index in [9.17, 15) is 9.18 Å². The Morgan fingerprint density at radius 2 is 2.15 bits per heavy atom. The highest BCUT2D eigenvalue weighted by atomic mass is 19.1. The van der Waals surface area contributed by atoms with Crippen LogP contribution in [0.4, 0.5) is 4.39 Å². The average Bonchev–Trinajstić information content (AvgIpc) is 2.48. The van der Waals surface area contributed by atoms with Crippen molar-refractivity contribution < 1.29 is 18.7 Å². The van der Waals surface area contributed by atoms with E-state index in [1.54, 1.807) is 0 Å². The molecule has 1 unspecified atom stereocenters. The number of Topliss-reactive ketones (excluding diaryl/α,β-unsaturated/α-hetero) is 1. The molecule has 0 aromatic carbocycles. The van der Waals surface area contributed by atoms with Crippen LogP contribution in [0.15, 0.2) is 18.5 Å². The fourth-order valence-electron chi connectivity index (χ4n) is 3.14. The van der Waals surface area contributed by atoms with Gasteiger partial charge in [0.1, 0.15) is 0 Å². The summed E-state index contributed by atoms with van der Waals surface area (Å²) in [6.07, 6.45) is 5.50. The molecular formula is C15H18FNO3. The van der Waals surface area contributed by atoms with Crippen molar-refractivity contribution in [1.29, 1.82) is 0 Å². The lowest BCUT2D eigenvalue weighted by molar-refractivity contribution is -0.142. The maximum atomic E-state index is 13.7. The molecule has 2 fully saturated rings. The molecule has 2 saturated heterocycles. The van der Waals surface area contributed by atoms with Crippen LogP contribution in [0, 0.1) is 11.7 Å². The predicted molar refractivity (Wildman–Crippen MR) is 70.0 cm³/mol. The molecule has 0 radical (unpaired) electrons. The van der Waals surface area contributed by atoms with Crippen molar-refractivity contribution in [3.8, 4) is 0 Å².